The Morgan fingerprint density at radius 3 is 3.07 bits per heavy atom. The Morgan fingerprint density at radius 2 is 2.43 bits per heavy atom. The fourth-order valence-electron chi connectivity index (χ4n) is 1.76. The molecule has 14 heavy (non-hydrogen) atoms. The van der Waals surface area contributed by atoms with E-state index in [-0.39, 0.29) is 11.8 Å². The molecule has 2 unspecified atom stereocenters. The number of hydrogen-bond donors (Lipinski definition) is 1. The zero-order valence-corrected chi connectivity index (χ0v) is 8.65. The van der Waals surface area contributed by atoms with E-state index >= 15 is 0 Å². The molecule has 2 atom stereocenters. The SMILES string of the molecule is CCCC=CC1C=CCCC1C(=O)O. The highest BCUT2D eigenvalue weighted by atomic mass is 16.4. The van der Waals surface area contributed by atoms with Gasteiger partial charge >= 0.3 is 5.97 Å². The van der Waals surface area contributed by atoms with Crippen molar-refractivity contribution in [1.82, 2.24) is 0 Å². The smallest absolute Gasteiger partial charge is 0.307 e. The molecule has 0 saturated carbocycles. The molecular formula is C12H18O2. The molecule has 0 bridgehead atoms. The topological polar surface area (TPSA) is 37.3 Å². The van der Waals surface area contributed by atoms with E-state index in [1.807, 2.05) is 12.2 Å². The normalized spacial score (nSPS) is 26.9. The highest BCUT2D eigenvalue weighted by molar-refractivity contribution is 5.71. The third kappa shape index (κ3) is 3.02. The standard InChI is InChI=1S/C12H18O2/c1-2-3-4-7-10-8-5-6-9-11(10)12(13)14/h4-5,7-8,10-11H,2-3,6,9H2,1H3,(H,13,14). The van der Waals surface area contributed by atoms with Crippen molar-refractivity contribution in [2.75, 3.05) is 0 Å². The summed E-state index contributed by atoms with van der Waals surface area (Å²) in [6.07, 6.45) is 12.1. The van der Waals surface area contributed by atoms with Gasteiger partial charge in [0, 0.05) is 5.92 Å². The summed E-state index contributed by atoms with van der Waals surface area (Å²) in [4.78, 5) is 10.9. The predicted octanol–water partition coefficient (Wildman–Crippen LogP) is 3.01. The molecule has 1 N–H and O–H groups in total. The number of allylic oxidation sites excluding steroid dienone is 4. The lowest BCUT2D eigenvalue weighted by atomic mass is 9.83. The summed E-state index contributed by atoms with van der Waals surface area (Å²) in [6.45, 7) is 2.12. The first-order valence-corrected chi connectivity index (χ1v) is 5.31. The van der Waals surface area contributed by atoms with Crippen LogP contribution < -0.4 is 0 Å². The highest BCUT2D eigenvalue weighted by Gasteiger charge is 2.25. The van der Waals surface area contributed by atoms with E-state index in [1.54, 1.807) is 0 Å². The van der Waals surface area contributed by atoms with Crippen LogP contribution in [0, 0.1) is 11.8 Å². The molecule has 1 rings (SSSR count). The van der Waals surface area contributed by atoms with Gasteiger partial charge in [-0.2, -0.15) is 0 Å². The van der Waals surface area contributed by atoms with Crippen LogP contribution in [-0.4, -0.2) is 11.1 Å². The molecule has 0 aromatic rings. The number of carbonyl (C=O) groups is 1. The van der Waals surface area contributed by atoms with Crippen molar-refractivity contribution in [1.29, 1.82) is 0 Å². The largest absolute Gasteiger partial charge is 0.481 e. The summed E-state index contributed by atoms with van der Waals surface area (Å²) < 4.78 is 0. The molecule has 0 fully saturated rings. The number of aliphatic carboxylic acids is 1. The Bertz CT molecular complexity index is 241. The summed E-state index contributed by atoms with van der Waals surface area (Å²) >= 11 is 0. The number of carboxylic acids is 1. The van der Waals surface area contributed by atoms with Crippen molar-refractivity contribution >= 4 is 5.97 Å². The van der Waals surface area contributed by atoms with Crippen molar-refractivity contribution in [2.45, 2.75) is 32.6 Å². The average Bonchev–Trinajstić information content (AvgIpc) is 2.19. The average molecular weight is 194 g/mol. The van der Waals surface area contributed by atoms with Gasteiger partial charge in [0.05, 0.1) is 5.92 Å². The van der Waals surface area contributed by atoms with Gasteiger partial charge in [0.1, 0.15) is 0 Å². The maximum absolute atomic E-state index is 10.9. The Labute approximate surface area is 85.3 Å². The zero-order valence-electron chi connectivity index (χ0n) is 8.65. The first kappa shape index (κ1) is 11.0. The van der Waals surface area contributed by atoms with Crippen molar-refractivity contribution in [3.63, 3.8) is 0 Å². The molecule has 0 saturated heterocycles. The van der Waals surface area contributed by atoms with Crippen LogP contribution in [0.1, 0.15) is 32.6 Å². The van der Waals surface area contributed by atoms with Crippen molar-refractivity contribution in [2.24, 2.45) is 11.8 Å². The van der Waals surface area contributed by atoms with Crippen LogP contribution in [0.15, 0.2) is 24.3 Å². The predicted molar refractivity (Wildman–Crippen MR) is 57.0 cm³/mol. The monoisotopic (exact) mass is 194 g/mol. The fourth-order valence-corrected chi connectivity index (χ4v) is 1.76. The number of hydrogen-bond acceptors (Lipinski definition) is 1. The van der Waals surface area contributed by atoms with Gasteiger partial charge in [-0.3, -0.25) is 4.79 Å². The van der Waals surface area contributed by atoms with E-state index in [1.165, 1.54) is 0 Å². The van der Waals surface area contributed by atoms with Crippen LogP contribution in [0.25, 0.3) is 0 Å². The second-order valence-corrected chi connectivity index (χ2v) is 3.74. The molecule has 0 aromatic carbocycles. The van der Waals surface area contributed by atoms with E-state index in [0.29, 0.717) is 0 Å². The molecule has 0 aliphatic heterocycles. The van der Waals surface area contributed by atoms with Gasteiger partial charge in [0.2, 0.25) is 0 Å². The minimum absolute atomic E-state index is 0.104. The van der Waals surface area contributed by atoms with Gasteiger partial charge in [-0.1, -0.05) is 37.6 Å². The zero-order chi connectivity index (χ0) is 10.4. The molecule has 78 valence electrons. The number of rotatable bonds is 4. The Balaban J connectivity index is 2.58. The van der Waals surface area contributed by atoms with Crippen LogP contribution in [0.2, 0.25) is 0 Å². The van der Waals surface area contributed by atoms with Crippen molar-refractivity contribution in [3.05, 3.63) is 24.3 Å². The lowest BCUT2D eigenvalue weighted by Crippen LogP contribution is -2.22. The van der Waals surface area contributed by atoms with E-state index in [2.05, 4.69) is 19.1 Å². The van der Waals surface area contributed by atoms with Gasteiger partial charge in [-0.25, -0.2) is 0 Å². The van der Waals surface area contributed by atoms with Gasteiger partial charge in [0.25, 0.3) is 0 Å². The van der Waals surface area contributed by atoms with Gasteiger partial charge < -0.3 is 5.11 Å². The Kier molecular flexibility index (Phi) is 4.44. The molecule has 1 aliphatic carbocycles. The van der Waals surface area contributed by atoms with E-state index in [0.717, 1.165) is 25.7 Å². The second-order valence-electron chi connectivity index (χ2n) is 3.74. The molecule has 2 heteroatoms. The molecular weight excluding hydrogens is 176 g/mol. The summed E-state index contributed by atoms with van der Waals surface area (Å²) in [5, 5.41) is 9.00. The van der Waals surface area contributed by atoms with Gasteiger partial charge in [0.15, 0.2) is 0 Å². The third-order valence-electron chi connectivity index (χ3n) is 2.60. The fraction of sp³-hybridized carbons (Fsp3) is 0.583. The van der Waals surface area contributed by atoms with Crippen LogP contribution in [0.4, 0.5) is 0 Å². The number of carboxylic acid groups (broad SMARTS) is 1. The minimum atomic E-state index is -0.666. The van der Waals surface area contributed by atoms with Crippen molar-refractivity contribution < 1.29 is 9.90 Å². The lowest BCUT2D eigenvalue weighted by molar-refractivity contribution is -0.142. The van der Waals surface area contributed by atoms with E-state index in [4.69, 9.17) is 5.11 Å². The van der Waals surface area contributed by atoms with Gasteiger partial charge in [-0.05, 0) is 19.3 Å². The van der Waals surface area contributed by atoms with Crippen LogP contribution in [-0.2, 0) is 4.79 Å². The Hall–Kier alpha value is -1.05. The Morgan fingerprint density at radius 1 is 1.64 bits per heavy atom. The maximum atomic E-state index is 10.9. The summed E-state index contributed by atoms with van der Waals surface area (Å²) in [5.41, 5.74) is 0. The molecule has 0 amide bonds. The summed E-state index contributed by atoms with van der Waals surface area (Å²) in [7, 11) is 0. The summed E-state index contributed by atoms with van der Waals surface area (Å²) in [5.74, 6) is -0.776. The first-order chi connectivity index (χ1) is 6.75. The summed E-state index contributed by atoms with van der Waals surface area (Å²) in [6, 6.07) is 0. The first-order valence-electron chi connectivity index (χ1n) is 5.31. The molecule has 0 aromatic heterocycles. The molecule has 0 heterocycles. The van der Waals surface area contributed by atoms with Crippen molar-refractivity contribution in [3.8, 4) is 0 Å². The van der Waals surface area contributed by atoms with Crippen LogP contribution in [0.5, 0.6) is 0 Å². The molecule has 2 nitrogen and oxygen atoms in total. The van der Waals surface area contributed by atoms with Gasteiger partial charge in [-0.15, -0.1) is 0 Å². The van der Waals surface area contributed by atoms with Crippen LogP contribution >= 0.6 is 0 Å². The minimum Gasteiger partial charge on any atom is -0.481 e. The van der Waals surface area contributed by atoms with Crippen LogP contribution in [0.3, 0.4) is 0 Å². The van der Waals surface area contributed by atoms with E-state index in [9.17, 15) is 4.79 Å². The second kappa shape index (κ2) is 5.63. The highest BCUT2D eigenvalue weighted by Crippen LogP contribution is 2.26. The molecule has 1 aliphatic rings. The quantitative estimate of drug-likeness (QED) is 0.698. The molecule has 0 radical (unpaired) electrons. The van der Waals surface area contributed by atoms with E-state index < -0.39 is 5.97 Å². The lowest BCUT2D eigenvalue weighted by Gasteiger charge is -2.21. The third-order valence-corrected chi connectivity index (χ3v) is 2.60. The molecule has 0 spiro atoms. The maximum Gasteiger partial charge on any atom is 0.307 e. The number of unbranched alkanes of at least 4 members (excludes halogenated alkanes) is 1.